The first-order chi connectivity index (χ1) is 13.5. The van der Waals surface area contributed by atoms with Crippen molar-refractivity contribution in [1.82, 2.24) is 19.6 Å². The van der Waals surface area contributed by atoms with Crippen LogP contribution in [0.4, 0.5) is 0 Å². The molecule has 0 spiro atoms. The molecule has 144 valence electrons. The first kappa shape index (κ1) is 17.7. The van der Waals surface area contributed by atoms with Crippen molar-refractivity contribution >= 4 is 44.2 Å². The summed E-state index contributed by atoms with van der Waals surface area (Å²) in [6.07, 6.45) is 2.55. The minimum atomic E-state index is -0.187. The van der Waals surface area contributed by atoms with Crippen LogP contribution in [0.15, 0.2) is 29.0 Å². The van der Waals surface area contributed by atoms with Gasteiger partial charge in [0.1, 0.15) is 11.2 Å². The summed E-state index contributed by atoms with van der Waals surface area (Å²) < 4.78 is 7.68. The zero-order valence-electron chi connectivity index (χ0n) is 15.8. The van der Waals surface area contributed by atoms with E-state index in [2.05, 4.69) is 29.1 Å². The molecule has 0 aromatic carbocycles. The van der Waals surface area contributed by atoms with Crippen LogP contribution in [0.25, 0.3) is 15.9 Å². The van der Waals surface area contributed by atoms with Gasteiger partial charge in [-0.25, -0.2) is 14.5 Å². The predicted octanol–water partition coefficient (Wildman–Crippen LogP) is 4.19. The Morgan fingerprint density at radius 1 is 1.43 bits per heavy atom. The van der Waals surface area contributed by atoms with Gasteiger partial charge >= 0.3 is 0 Å². The van der Waals surface area contributed by atoms with E-state index in [0.717, 1.165) is 32.9 Å². The lowest BCUT2D eigenvalue weighted by Gasteiger charge is -2.30. The average Bonchev–Trinajstić information content (AvgIpc) is 3.38. The molecule has 4 aromatic heterocycles. The fourth-order valence-corrected chi connectivity index (χ4v) is 5.10. The van der Waals surface area contributed by atoms with Gasteiger partial charge in [-0.05, 0) is 37.8 Å². The molecule has 0 amide bonds. The van der Waals surface area contributed by atoms with Crippen molar-refractivity contribution in [2.24, 2.45) is 5.16 Å². The molecule has 4 aromatic rings. The number of aromatic nitrogens is 4. The van der Waals surface area contributed by atoms with Gasteiger partial charge in [0, 0.05) is 11.3 Å². The topological polar surface area (TPSA) is 73.9 Å². The molecule has 9 heteroatoms. The van der Waals surface area contributed by atoms with Gasteiger partial charge in [-0.3, -0.25) is 0 Å². The largest absolute Gasteiger partial charge is 0.387 e. The third-order valence-corrected chi connectivity index (χ3v) is 6.82. The molecular weight excluding hydrogens is 394 g/mol. The molecule has 0 radical (unpaired) electrons. The van der Waals surface area contributed by atoms with E-state index in [9.17, 15) is 0 Å². The number of oxime groups is 1. The van der Waals surface area contributed by atoms with Gasteiger partial charge in [0.15, 0.2) is 18.1 Å². The van der Waals surface area contributed by atoms with Gasteiger partial charge in [0.25, 0.3) is 0 Å². The molecule has 0 aliphatic carbocycles. The maximum absolute atomic E-state index is 5.95. The Labute approximate surface area is 169 Å². The van der Waals surface area contributed by atoms with Crippen molar-refractivity contribution in [2.45, 2.75) is 46.0 Å². The second kappa shape index (κ2) is 6.61. The van der Waals surface area contributed by atoms with Crippen molar-refractivity contribution in [3.8, 4) is 0 Å². The number of thiophene rings is 2. The minimum Gasteiger partial charge on any atom is -0.387 e. The standard InChI is InChI=1S/C19H19N5O2S2/c1-11(13-5-4-6-27-13)23-26-9-15-21-17-16-12-7-19(2,3)25-8-14(12)28-18(16)20-10-24(17)22-15/h4-6,10H,7-9H2,1-3H3. The van der Waals surface area contributed by atoms with Crippen molar-refractivity contribution in [2.75, 3.05) is 0 Å². The van der Waals surface area contributed by atoms with Crippen LogP contribution < -0.4 is 0 Å². The van der Waals surface area contributed by atoms with Crippen molar-refractivity contribution in [1.29, 1.82) is 0 Å². The van der Waals surface area contributed by atoms with Gasteiger partial charge in [0.2, 0.25) is 0 Å². The Hall–Kier alpha value is -2.36. The summed E-state index contributed by atoms with van der Waals surface area (Å²) in [7, 11) is 0. The van der Waals surface area contributed by atoms with E-state index in [1.54, 1.807) is 33.5 Å². The van der Waals surface area contributed by atoms with E-state index in [1.165, 1.54) is 10.4 Å². The first-order valence-electron chi connectivity index (χ1n) is 8.99. The van der Waals surface area contributed by atoms with Crippen LogP contribution in [0, 0.1) is 0 Å². The van der Waals surface area contributed by atoms with Crippen LogP contribution in [0.2, 0.25) is 0 Å². The molecule has 0 N–H and O–H groups in total. The number of nitrogens with zero attached hydrogens (tertiary/aromatic N) is 5. The number of hydrogen-bond acceptors (Lipinski definition) is 8. The Bertz CT molecular complexity index is 1190. The molecule has 28 heavy (non-hydrogen) atoms. The van der Waals surface area contributed by atoms with Crippen molar-refractivity contribution < 1.29 is 9.57 Å². The Balaban J connectivity index is 1.47. The lowest BCUT2D eigenvalue weighted by molar-refractivity contribution is -0.0379. The number of ether oxygens (including phenoxy) is 1. The molecule has 1 aliphatic heterocycles. The quantitative estimate of drug-likeness (QED) is 0.370. The summed E-state index contributed by atoms with van der Waals surface area (Å²) >= 11 is 3.31. The highest BCUT2D eigenvalue weighted by Gasteiger charge is 2.30. The van der Waals surface area contributed by atoms with Crippen LogP contribution in [-0.4, -0.2) is 30.9 Å². The summed E-state index contributed by atoms with van der Waals surface area (Å²) in [5, 5.41) is 11.8. The molecule has 0 unspecified atom stereocenters. The monoisotopic (exact) mass is 413 g/mol. The third-order valence-electron chi connectivity index (χ3n) is 4.72. The summed E-state index contributed by atoms with van der Waals surface area (Å²) in [5.41, 5.74) is 2.75. The van der Waals surface area contributed by atoms with Crippen LogP contribution in [0.3, 0.4) is 0 Å². The van der Waals surface area contributed by atoms with Gasteiger partial charge in [-0.15, -0.1) is 27.8 Å². The van der Waals surface area contributed by atoms with E-state index in [4.69, 9.17) is 14.6 Å². The Kier molecular flexibility index (Phi) is 4.18. The lowest BCUT2D eigenvalue weighted by atomic mass is 9.94. The maximum atomic E-state index is 5.95. The summed E-state index contributed by atoms with van der Waals surface area (Å²) in [4.78, 5) is 18.1. The predicted molar refractivity (Wildman–Crippen MR) is 110 cm³/mol. The van der Waals surface area contributed by atoms with Crippen molar-refractivity contribution in [3.63, 3.8) is 0 Å². The van der Waals surface area contributed by atoms with Crippen molar-refractivity contribution in [3.05, 3.63) is 45.0 Å². The van der Waals surface area contributed by atoms with Crippen LogP contribution >= 0.6 is 22.7 Å². The molecule has 0 bridgehead atoms. The number of fused-ring (bicyclic) bond motifs is 5. The van der Waals surface area contributed by atoms with Gasteiger partial charge in [-0.2, -0.15) is 0 Å². The van der Waals surface area contributed by atoms with E-state index < -0.39 is 0 Å². The highest BCUT2D eigenvalue weighted by Crippen LogP contribution is 2.39. The van der Waals surface area contributed by atoms with Crippen LogP contribution in [-0.2, 0) is 29.2 Å². The Morgan fingerprint density at radius 2 is 2.32 bits per heavy atom. The number of rotatable bonds is 4. The smallest absolute Gasteiger partial charge is 0.192 e. The first-order valence-corrected chi connectivity index (χ1v) is 10.7. The Morgan fingerprint density at radius 3 is 3.14 bits per heavy atom. The van der Waals surface area contributed by atoms with Crippen LogP contribution in [0.1, 0.15) is 41.9 Å². The average molecular weight is 414 g/mol. The zero-order chi connectivity index (χ0) is 19.3. The normalized spacial score (nSPS) is 16.6. The van der Waals surface area contributed by atoms with E-state index in [0.29, 0.717) is 12.4 Å². The lowest BCUT2D eigenvalue weighted by Crippen LogP contribution is -2.31. The fourth-order valence-electron chi connectivity index (χ4n) is 3.36. The molecule has 5 heterocycles. The molecule has 0 saturated heterocycles. The highest BCUT2D eigenvalue weighted by atomic mass is 32.1. The maximum Gasteiger partial charge on any atom is 0.192 e. The molecule has 5 rings (SSSR count). The number of hydrogen-bond donors (Lipinski definition) is 0. The second-order valence-electron chi connectivity index (χ2n) is 7.38. The molecule has 1 aliphatic rings. The van der Waals surface area contributed by atoms with E-state index in [1.807, 2.05) is 24.4 Å². The van der Waals surface area contributed by atoms with E-state index in [-0.39, 0.29) is 12.2 Å². The van der Waals surface area contributed by atoms with Gasteiger partial charge in [0.05, 0.1) is 28.2 Å². The second-order valence-corrected chi connectivity index (χ2v) is 9.41. The molecule has 0 saturated carbocycles. The minimum absolute atomic E-state index is 0.187. The van der Waals surface area contributed by atoms with Gasteiger partial charge in [-0.1, -0.05) is 11.2 Å². The molecule has 0 atom stereocenters. The third kappa shape index (κ3) is 3.09. The summed E-state index contributed by atoms with van der Waals surface area (Å²) in [5.74, 6) is 0.586. The molecule has 0 fully saturated rings. The highest BCUT2D eigenvalue weighted by molar-refractivity contribution is 7.19. The van der Waals surface area contributed by atoms with E-state index >= 15 is 0 Å². The fraction of sp³-hybridized carbons (Fsp3) is 0.368. The van der Waals surface area contributed by atoms with Crippen LogP contribution in [0.5, 0.6) is 0 Å². The zero-order valence-corrected chi connectivity index (χ0v) is 17.4. The summed E-state index contributed by atoms with van der Waals surface area (Å²) in [6, 6.07) is 4.01. The molecular formula is C19H19N5O2S2. The van der Waals surface area contributed by atoms with Gasteiger partial charge < -0.3 is 9.57 Å². The molecule has 7 nitrogen and oxygen atoms in total. The summed E-state index contributed by atoms with van der Waals surface area (Å²) in [6.45, 7) is 7.00. The SMILES string of the molecule is CC(=NOCc1nc2c3c4c(sc3ncn2n1)COC(C)(C)C4)c1cccs1.